The third-order valence-electron chi connectivity index (χ3n) is 3.98. The summed E-state index contributed by atoms with van der Waals surface area (Å²) in [7, 11) is 1.62. The van der Waals surface area contributed by atoms with Crippen LogP contribution in [0.15, 0.2) is 48.5 Å². The molecule has 2 rings (SSSR count). The van der Waals surface area contributed by atoms with Crippen LogP contribution in [0.1, 0.15) is 35.7 Å². The maximum absolute atomic E-state index is 12.2. The Morgan fingerprint density at radius 3 is 2.48 bits per heavy atom. The van der Waals surface area contributed by atoms with Crippen LogP contribution in [-0.2, 0) is 11.2 Å². The molecule has 0 saturated carbocycles. The molecule has 0 aromatic heterocycles. The molecule has 0 saturated heterocycles. The SMILES string of the molecule is CCCCOC(=O)c1ccccc1NC(=O)NCCc1ccc(OC)cc1. The molecule has 6 heteroatoms. The minimum Gasteiger partial charge on any atom is -0.497 e. The van der Waals surface area contributed by atoms with Gasteiger partial charge < -0.3 is 20.1 Å². The second kappa shape index (κ2) is 10.9. The Balaban J connectivity index is 1.85. The monoisotopic (exact) mass is 370 g/mol. The molecule has 0 fully saturated rings. The van der Waals surface area contributed by atoms with E-state index in [0.29, 0.717) is 30.8 Å². The normalized spacial score (nSPS) is 10.1. The Kier molecular flexibility index (Phi) is 8.16. The van der Waals surface area contributed by atoms with Gasteiger partial charge in [-0.15, -0.1) is 0 Å². The van der Waals surface area contributed by atoms with Gasteiger partial charge in [0, 0.05) is 6.54 Å². The largest absolute Gasteiger partial charge is 0.497 e. The van der Waals surface area contributed by atoms with Crippen LogP contribution >= 0.6 is 0 Å². The molecular weight excluding hydrogens is 344 g/mol. The van der Waals surface area contributed by atoms with Crippen LogP contribution in [0, 0.1) is 0 Å². The molecule has 0 unspecified atom stereocenters. The van der Waals surface area contributed by atoms with Crippen molar-refractivity contribution in [2.75, 3.05) is 25.6 Å². The molecule has 0 heterocycles. The van der Waals surface area contributed by atoms with Crippen molar-refractivity contribution in [2.24, 2.45) is 0 Å². The van der Waals surface area contributed by atoms with Crippen molar-refractivity contribution in [2.45, 2.75) is 26.2 Å². The van der Waals surface area contributed by atoms with E-state index in [9.17, 15) is 9.59 Å². The molecule has 2 aromatic rings. The van der Waals surface area contributed by atoms with Crippen LogP contribution in [0.5, 0.6) is 5.75 Å². The van der Waals surface area contributed by atoms with E-state index in [-0.39, 0.29) is 6.03 Å². The first-order valence-corrected chi connectivity index (χ1v) is 9.08. The van der Waals surface area contributed by atoms with Crippen molar-refractivity contribution in [3.8, 4) is 5.75 Å². The lowest BCUT2D eigenvalue weighted by Gasteiger charge is -2.12. The first-order valence-electron chi connectivity index (χ1n) is 9.08. The van der Waals surface area contributed by atoms with Gasteiger partial charge in [-0.2, -0.15) is 0 Å². The standard InChI is InChI=1S/C21H26N2O4/c1-3-4-15-27-20(24)18-7-5-6-8-19(18)23-21(25)22-14-13-16-9-11-17(26-2)12-10-16/h5-12H,3-4,13-15H2,1-2H3,(H2,22,23,25). The summed E-state index contributed by atoms with van der Waals surface area (Å²) in [5, 5.41) is 5.51. The Morgan fingerprint density at radius 1 is 1.04 bits per heavy atom. The number of unbranched alkanes of at least 4 members (excludes halogenated alkanes) is 1. The first kappa shape index (κ1) is 20.3. The molecule has 2 amide bonds. The number of carbonyl (C=O) groups excluding carboxylic acids is 2. The van der Waals surface area contributed by atoms with Crippen molar-refractivity contribution in [3.63, 3.8) is 0 Å². The van der Waals surface area contributed by atoms with E-state index in [1.165, 1.54) is 0 Å². The fraction of sp³-hybridized carbons (Fsp3) is 0.333. The topological polar surface area (TPSA) is 76.7 Å². The minimum absolute atomic E-state index is 0.346. The maximum Gasteiger partial charge on any atom is 0.340 e. The fourth-order valence-electron chi connectivity index (χ4n) is 2.44. The molecule has 144 valence electrons. The highest BCUT2D eigenvalue weighted by atomic mass is 16.5. The zero-order valence-corrected chi connectivity index (χ0v) is 15.8. The van der Waals surface area contributed by atoms with Crippen LogP contribution in [0.25, 0.3) is 0 Å². The van der Waals surface area contributed by atoms with Gasteiger partial charge in [0.2, 0.25) is 0 Å². The van der Waals surface area contributed by atoms with Crippen molar-refractivity contribution < 1.29 is 19.1 Å². The number of methoxy groups -OCH3 is 1. The number of para-hydroxylation sites is 1. The second-order valence-electron chi connectivity index (χ2n) is 6.01. The number of esters is 1. The number of anilines is 1. The molecule has 27 heavy (non-hydrogen) atoms. The average Bonchev–Trinajstić information content (AvgIpc) is 2.69. The highest BCUT2D eigenvalue weighted by Gasteiger charge is 2.14. The van der Waals surface area contributed by atoms with Gasteiger partial charge in [-0.25, -0.2) is 9.59 Å². The Labute approximate surface area is 159 Å². The van der Waals surface area contributed by atoms with Gasteiger partial charge in [0.15, 0.2) is 0 Å². The number of hydrogen-bond donors (Lipinski definition) is 2. The van der Waals surface area contributed by atoms with Crippen molar-refractivity contribution >= 4 is 17.7 Å². The van der Waals surface area contributed by atoms with Gasteiger partial charge in [0.1, 0.15) is 5.75 Å². The predicted molar refractivity (Wildman–Crippen MR) is 105 cm³/mol. The Bertz CT molecular complexity index is 744. The number of hydrogen-bond acceptors (Lipinski definition) is 4. The number of rotatable bonds is 9. The number of nitrogens with one attached hydrogen (secondary N) is 2. The van der Waals surface area contributed by atoms with Gasteiger partial charge in [0.05, 0.1) is 25.0 Å². The summed E-state index contributed by atoms with van der Waals surface area (Å²) in [6.07, 6.45) is 2.45. The molecule has 0 atom stereocenters. The van der Waals surface area contributed by atoms with Crippen LogP contribution in [0.4, 0.5) is 10.5 Å². The van der Waals surface area contributed by atoms with Crippen LogP contribution in [-0.4, -0.2) is 32.3 Å². The molecule has 0 aliphatic rings. The minimum atomic E-state index is -0.433. The zero-order valence-electron chi connectivity index (χ0n) is 15.8. The average molecular weight is 370 g/mol. The summed E-state index contributed by atoms with van der Waals surface area (Å²) in [5.41, 5.74) is 1.87. The van der Waals surface area contributed by atoms with E-state index in [0.717, 1.165) is 24.2 Å². The quantitative estimate of drug-likeness (QED) is 0.516. The Hall–Kier alpha value is -3.02. The summed E-state index contributed by atoms with van der Waals surface area (Å²) in [5.74, 6) is 0.365. The highest BCUT2D eigenvalue weighted by Crippen LogP contribution is 2.16. The number of amides is 2. The van der Waals surface area contributed by atoms with Gasteiger partial charge >= 0.3 is 12.0 Å². The molecular formula is C21H26N2O4. The third kappa shape index (κ3) is 6.66. The van der Waals surface area contributed by atoms with Crippen LogP contribution < -0.4 is 15.4 Å². The summed E-state index contributed by atoms with van der Waals surface area (Å²) in [6.45, 7) is 2.87. The van der Waals surface area contributed by atoms with Gasteiger partial charge in [-0.3, -0.25) is 0 Å². The number of benzene rings is 2. The Morgan fingerprint density at radius 2 is 1.78 bits per heavy atom. The number of ether oxygens (including phenoxy) is 2. The zero-order chi connectivity index (χ0) is 19.5. The molecule has 0 aliphatic heterocycles. The number of carbonyl (C=O) groups is 2. The molecule has 2 N–H and O–H groups in total. The van der Waals surface area contributed by atoms with E-state index in [2.05, 4.69) is 10.6 Å². The predicted octanol–water partition coefficient (Wildman–Crippen LogP) is 4.02. The van der Waals surface area contributed by atoms with E-state index >= 15 is 0 Å². The molecule has 0 spiro atoms. The van der Waals surface area contributed by atoms with Crippen LogP contribution in [0.2, 0.25) is 0 Å². The van der Waals surface area contributed by atoms with Gasteiger partial charge in [-0.1, -0.05) is 37.6 Å². The molecule has 0 aliphatic carbocycles. The lowest BCUT2D eigenvalue weighted by Crippen LogP contribution is -2.31. The molecule has 0 bridgehead atoms. The smallest absolute Gasteiger partial charge is 0.340 e. The molecule has 0 radical (unpaired) electrons. The summed E-state index contributed by atoms with van der Waals surface area (Å²) >= 11 is 0. The first-order chi connectivity index (χ1) is 13.1. The van der Waals surface area contributed by atoms with Gasteiger partial charge in [-0.05, 0) is 42.7 Å². The lowest BCUT2D eigenvalue weighted by atomic mass is 10.1. The van der Waals surface area contributed by atoms with E-state index in [1.54, 1.807) is 31.4 Å². The van der Waals surface area contributed by atoms with Crippen molar-refractivity contribution in [3.05, 3.63) is 59.7 Å². The maximum atomic E-state index is 12.2. The lowest BCUT2D eigenvalue weighted by molar-refractivity contribution is 0.0501. The van der Waals surface area contributed by atoms with Crippen LogP contribution in [0.3, 0.4) is 0 Å². The summed E-state index contributed by atoms with van der Waals surface area (Å²) < 4.78 is 10.3. The summed E-state index contributed by atoms with van der Waals surface area (Å²) in [4.78, 5) is 24.3. The number of urea groups is 1. The third-order valence-corrected chi connectivity index (χ3v) is 3.98. The molecule has 6 nitrogen and oxygen atoms in total. The van der Waals surface area contributed by atoms with E-state index in [1.807, 2.05) is 31.2 Å². The van der Waals surface area contributed by atoms with E-state index < -0.39 is 5.97 Å². The summed E-state index contributed by atoms with van der Waals surface area (Å²) in [6, 6.07) is 14.1. The fourth-order valence-corrected chi connectivity index (χ4v) is 2.44. The molecule has 2 aromatic carbocycles. The van der Waals surface area contributed by atoms with Gasteiger partial charge in [0.25, 0.3) is 0 Å². The van der Waals surface area contributed by atoms with Crippen molar-refractivity contribution in [1.82, 2.24) is 5.32 Å². The van der Waals surface area contributed by atoms with Crippen molar-refractivity contribution in [1.29, 1.82) is 0 Å². The van der Waals surface area contributed by atoms with E-state index in [4.69, 9.17) is 9.47 Å². The second-order valence-corrected chi connectivity index (χ2v) is 6.01. The highest BCUT2D eigenvalue weighted by molar-refractivity contribution is 6.00.